The molecule has 0 atom stereocenters. The Hall–Kier alpha value is -1.91. The molecule has 0 spiro atoms. The minimum absolute atomic E-state index is 0.0453. The number of rotatable bonds is 5. The maximum atomic E-state index is 13.4. The van der Waals surface area contributed by atoms with E-state index >= 15 is 0 Å². The highest BCUT2D eigenvalue weighted by Gasteiger charge is 2.16. The number of carbonyl (C=O) groups is 2. The molecule has 1 aliphatic rings. The van der Waals surface area contributed by atoms with Gasteiger partial charge in [0, 0.05) is 6.54 Å². The lowest BCUT2D eigenvalue weighted by Crippen LogP contribution is -2.38. The van der Waals surface area contributed by atoms with E-state index in [1.165, 1.54) is 31.0 Å². The summed E-state index contributed by atoms with van der Waals surface area (Å²) in [6, 6.07) is 5.70. The number of carbonyl (C=O) groups excluding carboxylic acids is 2. The Labute approximate surface area is 117 Å². The van der Waals surface area contributed by atoms with E-state index in [-0.39, 0.29) is 18.0 Å². The van der Waals surface area contributed by atoms with Crippen LogP contribution in [0.25, 0.3) is 0 Å². The van der Waals surface area contributed by atoms with Gasteiger partial charge in [-0.05, 0) is 30.9 Å². The summed E-state index contributed by atoms with van der Waals surface area (Å²) in [5.41, 5.74) is -0.0453. The first kappa shape index (κ1) is 14.5. The van der Waals surface area contributed by atoms with Crippen LogP contribution in [-0.2, 0) is 4.79 Å². The summed E-state index contributed by atoms with van der Waals surface area (Å²) in [5, 5.41) is 5.22. The van der Waals surface area contributed by atoms with Gasteiger partial charge in [0.2, 0.25) is 5.91 Å². The van der Waals surface area contributed by atoms with Crippen molar-refractivity contribution in [3.8, 4) is 0 Å². The standard InChI is InChI=1S/C15H19FN2O2/c16-13-8-4-3-7-12(13)15(20)18-10-14(19)17-9-11-5-1-2-6-11/h3-4,7-8,11H,1-2,5-6,9-10H2,(H,17,19)(H,18,20). The van der Waals surface area contributed by atoms with E-state index in [1.54, 1.807) is 6.07 Å². The van der Waals surface area contributed by atoms with Gasteiger partial charge in [0.1, 0.15) is 5.82 Å². The zero-order valence-electron chi connectivity index (χ0n) is 11.3. The van der Waals surface area contributed by atoms with Crippen LogP contribution in [0, 0.1) is 11.7 Å². The van der Waals surface area contributed by atoms with Crippen molar-refractivity contribution in [1.82, 2.24) is 10.6 Å². The predicted octanol–water partition coefficient (Wildman–Crippen LogP) is 1.86. The average molecular weight is 278 g/mol. The van der Waals surface area contributed by atoms with Gasteiger partial charge in [-0.25, -0.2) is 4.39 Å². The lowest BCUT2D eigenvalue weighted by atomic mass is 10.1. The molecular formula is C15H19FN2O2. The van der Waals surface area contributed by atoms with Crippen LogP contribution < -0.4 is 10.6 Å². The van der Waals surface area contributed by atoms with Crippen molar-refractivity contribution in [2.75, 3.05) is 13.1 Å². The minimum atomic E-state index is -0.587. The van der Waals surface area contributed by atoms with Crippen molar-refractivity contribution >= 4 is 11.8 Å². The van der Waals surface area contributed by atoms with Crippen molar-refractivity contribution in [2.45, 2.75) is 25.7 Å². The summed E-state index contributed by atoms with van der Waals surface area (Å²) in [4.78, 5) is 23.3. The molecule has 2 rings (SSSR count). The van der Waals surface area contributed by atoms with Crippen molar-refractivity contribution in [1.29, 1.82) is 0 Å². The molecule has 1 aromatic rings. The Morgan fingerprint density at radius 3 is 2.55 bits per heavy atom. The van der Waals surface area contributed by atoms with Crippen LogP contribution in [0.1, 0.15) is 36.0 Å². The number of halogens is 1. The van der Waals surface area contributed by atoms with Crippen LogP contribution in [0.5, 0.6) is 0 Å². The molecule has 2 amide bonds. The highest BCUT2D eigenvalue weighted by Crippen LogP contribution is 2.23. The maximum absolute atomic E-state index is 13.4. The van der Waals surface area contributed by atoms with Crippen molar-refractivity contribution in [3.05, 3.63) is 35.6 Å². The Balaban J connectivity index is 1.72. The first-order valence-corrected chi connectivity index (χ1v) is 6.96. The van der Waals surface area contributed by atoms with Gasteiger partial charge in [0.05, 0.1) is 12.1 Å². The van der Waals surface area contributed by atoms with Gasteiger partial charge in [-0.15, -0.1) is 0 Å². The molecule has 1 aromatic carbocycles. The summed E-state index contributed by atoms with van der Waals surface area (Å²) < 4.78 is 13.4. The normalized spacial score (nSPS) is 15.1. The van der Waals surface area contributed by atoms with Gasteiger partial charge in [-0.1, -0.05) is 25.0 Å². The first-order chi connectivity index (χ1) is 9.66. The molecule has 5 heteroatoms. The smallest absolute Gasteiger partial charge is 0.254 e. The molecule has 4 nitrogen and oxygen atoms in total. The maximum Gasteiger partial charge on any atom is 0.254 e. The molecule has 1 aliphatic carbocycles. The fraction of sp³-hybridized carbons (Fsp3) is 0.467. The van der Waals surface area contributed by atoms with E-state index in [0.29, 0.717) is 12.5 Å². The molecule has 0 aromatic heterocycles. The molecular weight excluding hydrogens is 259 g/mol. The van der Waals surface area contributed by atoms with E-state index < -0.39 is 11.7 Å². The van der Waals surface area contributed by atoms with Gasteiger partial charge >= 0.3 is 0 Å². The number of hydrogen-bond acceptors (Lipinski definition) is 2. The molecule has 0 radical (unpaired) electrons. The van der Waals surface area contributed by atoms with Crippen LogP contribution in [0.2, 0.25) is 0 Å². The Morgan fingerprint density at radius 2 is 1.85 bits per heavy atom. The third-order valence-corrected chi connectivity index (χ3v) is 3.59. The molecule has 0 saturated heterocycles. The summed E-state index contributed by atoms with van der Waals surface area (Å²) in [7, 11) is 0. The lowest BCUT2D eigenvalue weighted by molar-refractivity contribution is -0.120. The molecule has 0 bridgehead atoms. The predicted molar refractivity (Wildman–Crippen MR) is 73.7 cm³/mol. The van der Waals surface area contributed by atoms with Crippen LogP contribution in [0.4, 0.5) is 4.39 Å². The van der Waals surface area contributed by atoms with Crippen LogP contribution in [0.3, 0.4) is 0 Å². The molecule has 20 heavy (non-hydrogen) atoms. The Bertz CT molecular complexity index is 485. The van der Waals surface area contributed by atoms with Crippen LogP contribution >= 0.6 is 0 Å². The van der Waals surface area contributed by atoms with E-state index in [2.05, 4.69) is 10.6 Å². The second-order valence-corrected chi connectivity index (χ2v) is 5.12. The van der Waals surface area contributed by atoms with Gasteiger partial charge < -0.3 is 10.6 Å². The van der Waals surface area contributed by atoms with Crippen LogP contribution in [0.15, 0.2) is 24.3 Å². The summed E-state index contributed by atoms with van der Waals surface area (Å²) in [6.07, 6.45) is 4.76. The summed E-state index contributed by atoms with van der Waals surface area (Å²) in [5.74, 6) is -0.835. The zero-order chi connectivity index (χ0) is 14.4. The van der Waals surface area contributed by atoms with Crippen molar-refractivity contribution in [2.24, 2.45) is 5.92 Å². The third-order valence-electron chi connectivity index (χ3n) is 3.59. The monoisotopic (exact) mass is 278 g/mol. The number of amides is 2. The van der Waals surface area contributed by atoms with E-state index in [1.807, 2.05) is 0 Å². The topological polar surface area (TPSA) is 58.2 Å². The molecule has 0 aliphatic heterocycles. The Kier molecular flexibility index (Phi) is 5.09. The molecule has 1 saturated carbocycles. The van der Waals surface area contributed by atoms with Crippen LogP contribution in [-0.4, -0.2) is 24.9 Å². The van der Waals surface area contributed by atoms with Crippen molar-refractivity contribution in [3.63, 3.8) is 0 Å². The fourth-order valence-corrected chi connectivity index (χ4v) is 2.44. The van der Waals surface area contributed by atoms with Gasteiger partial charge in [0.15, 0.2) is 0 Å². The number of nitrogens with one attached hydrogen (secondary N) is 2. The molecule has 0 heterocycles. The minimum Gasteiger partial charge on any atom is -0.354 e. The van der Waals surface area contributed by atoms with Gasteiger partial charge in [-0.3, -0.25) is 9.59 Å². The molecule has 108 valence electrons. The highest BCUT2D eigenvalue weighted by molar-refractivity contribution is 5.96. The second-order valence-electron chi connectivity index (χ2n) is 5.12. The average Bonchev–Trinajstić information content (AvgIpc) is 2.96. The number of benzene rings is 1. The molecule has 0 unspecified atom stereocenters. The lowest BCUT2D eigenvalue weighted by Gasteiger charge is -2.11. The quantitative estimate of drug-likeness (QED) is 0.863. The van der Waals surface area contributed by atoms with Gasteiger partial charge in [-0.2, -0.15) is 0 Å². The summed E-state index contributed by atoms with van der Waals surface area (Å²) in [6.45, 7) is 0.536. The first-order valence-electron chi connectivity index (χ1n) is 6.96. The largest absolute Gasteiger partial charge is 0.354 e. The SMILES string of the molecule is O=C(CNC(=O)c1ccccc1F)NCC1CCCC1. The highest BCUT2D eigenvalue weighted by atomic mass is 19.1. The Morgan fingerprint density at radius 1 is 1.15 bits per heavy atom. The van der Waals surface area contributed by atoms with Crippen molar-refractivity contribution < 1.29 is 14.0 Å². The fourth-order valence-electron chi connectivity index (χ4n) is 2.44. The van der Waals surface area contributed by atoms with E-state index in [9.17, 15) is 14.0 Å². The molecule has 2 N–H and O–H groups in total. The van der Waals surface area contributed by atoms with E-state index in [0.717, 1.165) is 12.8 Å². The van der Waals surface area contributed by atoms with Gasteiger partial charge in [0.25, 0.3) is 5.91 Å². The third kappa shape index (κ3) is 4.05. The zero-order valence-corrected chi connectivity index (χ0v) is 11.3. The number of hydrogen-bond donors (Lipinski definition) is 2. The van der Waals surface area contributed by atoms with E-state index in [4.69, 9.17) is 0 Å². The second kappa shape index (κ2) is 7.03. The summed E-state index contributed by atoms with van der Waals surface area (Å²) >= 11 is 0. The molecule has 1 fully saturated rings.